The molecule has 1 rings (SSSR count). The molecular formula is C11H11NO7. The Morgan fingerprint density at radius 2 is 1.42 bits per heavy atom. The maximum absolute atomic E-state index is 11.5. The molecule has 19 heavy (non-hydrogen) atoms. The Hall–Kier alpha value is -2.64. The molecule has 1 aromatic heterocycles. The van der Waals surface area contributed by atoms with E-state index in [1.807, 2.05) is 0 Å². The number of ether oxygens (including phenoxy) is 3. The summed E-state index contributed by atoms with van der Waals surface area (Å²) >= 11 is 0. The number of esters is 3. The second-order valence-electron chi connectivity index (χ2n) is 3.23. The van der Waals surface area contributed by atoms with E-state index in [1.54, 1.807) is 0 Å². The zero-order chi connectivity index (χ0) is 14.6. The Morgan fingerprint density at radius 3 is 1.89 bits per heavy atom. The summed E-state index contributed by atoms with van der Waals surface area (Å²) in [6.07, 6.45) is 0. The molecule has 0 amide bonds. The first-order chi connectivity index (χ1) is 8.96. The van der Waals surface area contributed by atoms with Crippen LogP contribution in [0.4, 0.5) is 0 Å². The van der Waals surface area contributed by atoms with Crippen molar-refractivity contribution in [2.24, 2.45) is 0 Å². The van der Waals surface area contributed by atoms with Crippen LogP contribution in [0.5, 0.6) is 5.75 Å². The summed E-state index contributed by atoms with van der Waals surface area (Å²) in [6, 6.07) is 0.886. The average molecular weight is 269 g/mol. The van der Waals surface area contributed by atoms with Crippen LogP contribution >= 0.6 is 0 Å². The molecule has 8 heteroatoms. The number of carbonyl (C=O) groups excluding carboxylic acids is 3. The summed E-state index contributed by atoms with van der Waals surface area (Å²) in [4.78, 5) is 37.9. The van der Waals surface area contributed by atoms with Crippen molar-refractivity contribution in [1.82, 2.24) is 4.98 Å². The highest BCUT2D eigenvalue weighted by Gasteiger charge is 2.26. The third kappa shape index (κ3) is 2.79. The number of hydrogen-bond acceptors (Lipinski definition) is 8. The summed E-state index contributed by atoms with van der Waals surface area (Å²) in [5.74, 6) is -3.43. The molecule has 0 aliphatic heterocycles. The third-order valence-corrected chi connectivity index (χ3v) is 2.17. The topological polar surface area (TPSA) is 112 Å². The number of pyridine rings is 1. The van der Waals surface area contributed by atoms with Crippen LogP contribution < -0.4 is 0 Å². The van der Waals surface area contributed by atoms with Crippen LogP contribution in [-0.4, -0.2) is 49.3 Å². The van der Waals surface area contributed by atoms with Crippen LogP contribution in [0, 0.1) is 0 Å². The highest BCUT2D eigenvalue weighted by atomic mass is 16.5. The van der Waals surface area contributed by atoms with Gasteiger partial charge in [0.25, 0.3) is 0 Å². The smallest absolute Gasteiger partial charge is 0.360 e. The van der Waals surface area contributed by atoms with Crippen molar-refractivity contribution < 1.29 is 33.7 Å². The van der Waals surface area contributed by atoms with E-state index >= 15 is 0 Å². The minimum Gasteiger partial charge on any atom is -0.505 e. The van der Waals surface area contributed by atoms with E-state index in [0.717, 1.165) is 27.4 Å². The molecule has 1 aromatic rings. The van der Waals surface area contributed by atoms with E-state index in [4.69, 9.17) is 0 Å². The summed E-state index contributed by atoms with van der Waals surface area (Å²) < 4.78 is 13.3. The SMILES string of the molecule is COC(=O)c1cc(O)c(C(=O)OC)nc1C(=O)OC. The van der Waals surface area contributed by atoms with Gasteiger partial charge >= 0.3 is 17.9 Å². The fraction of sp³-hybridized carbons (Fsp3) is 0.273. The number of aromatic hydroxyl groups is 1. The van der Waals surface area contributed by atoms with Crippen LogP contribution in [0.3, 0.4) is 0 Å². The lowest BCUT2D eigenvalue weighted by Gasteiger charge is -2.08. The Morgan fingerprint density at radius 1 is 0.947 bits per heavy atom. The summed E-state index contributed by atoms with van der Waals surface area (Å²) in [5.41, 5.74) is -1.28. The van der Waals surface area contributed by atoms with E-state index < -0.39 is 35.0 Å². The summed E-state index contributed by atoms with van der Waals surface area (Å²) in [5, 5.41) is 9.59. The first kappa shape index (κ1) is 14.4. The molecule has 102 valence electrons. The molecule has 0 saturated carbocycles. The standard InChI is InChI=1S/C11H11NO7/c1-17-9(14)5-4-6(13)8(11(16)19-3)12-7(5)10(15)18-2/h4,13H,1-3H3. The molecule has 8 nitrogen and oxygen atoms in total. The van der Waals surface area contributed by atoms with Crippen molar-refractivity contribution in [2.45, 2.75) is 0 Å². The molecule has 1 N–H and O–H groups in total. The number of carbonyl (C=O) groups is 3. The van der Waals surface area contributed by atoms with Crippen molar-refractivity contribution in [3.05, 3.63) is 23.0 Å². The fourth-order valence-corrected chi connectivity index (χ4v) is 1.27. The highest BCUT2D eigenvalue weighted by molar-refractivity contribution is 6.03. The Labute approximate surface area is 107 Å². The molecule has 0 aliphatic rings. The Bertz CT molecular complexity index is 538. The van der Waals surface area contributed by atoms with Crippen molar-refractivity contribution >= 4 is 17.9 Å². The predicted octanol–water partition coefficient (Wildman–Crippen LogP) is 0.147. The van der Waals surface area contributed by atoms with Gasteiger partial charge in [0.15, 0.2) is 11.4 Å². The van der Waals surface area contributed by atoms with Gasteiger partial charge in [-0.1, -0.05) is 0 Å². The lowest BCUT2D eigenvalue weighted by Crippen LogP contribution is -2.17. The molecule has 0 bridgehead atoms. The number of nitrogens with zero attached hydrogens (tertiary/aromatic N) is 1. The molecule has 0 saturated heterocycles. The fourth-order valence-electron chi connectivity index (χ4n) is 1.27. The van der Waals surface area contributed by atoms with Crippen LogP contribution in [-0.2, 0) is 14.2 Å². The lowest BCUT2D eigenvalue weighted by molar-refractivity contribution is 0.0542. The third-order valence-electron chi connectivity index (χ3n) is 2.17. The second-order valence-corrected chi connectivity index (χ2v) is 3.23. The van der Waals surface area contributed by atoms with E-state index in [9.17, 15) is 19.5 Å². The summed E-state index contributed by atoms with van der Waals surface area (Å²) in [7, 11) is 3.25. The normalized spacial score (nSPS) is 9.63. The number of hydrogen-bond donors (Lipinski definition) is 1. The first-order valence-corrected chi connectivity index (χ1v) is 4.95. The quantitative estimate of drug-likeness (QED) is 0.609. The zero-order valence-electron chi connectivity index (χ0n) is 10.4. The monoisotopic (exact) mass is 269 g/mol. The van der Waals surface area contributed by atoms with E-state index in [1.165, 1.54) is 0 Å². The molecule has 0 aromatic carbocycles. The van der Waals surface area contributed by atoms with E-state index in [0.29, 0.717) is 0 Å². The molecule has 0 spiro atoms. The first-order valence-electron chi connectivity index (χ1n) is 4.95. The van der Waals surface area contributed by atoms with Crippen molar-refractivity contribution in [3.8, 4) is 5.75 Å². The van der Waals surface area contributed by atoms with Gasteiger partial charge in [-0.25, -0.2) is 19.4 Å². The van der Waals surface area contributed by atoms with Crippen molar-refractivity contribution in [3.63, 3.8) is 0 Å². The van der Waals surface area contributed by atoms with Gasteiger partial charge in [-0.05, 0) is 6.07 Å². The van der Waals surface area contributed by atoms with Gasteiger partial charge in [0, 0.05) is 0 Å². The molecule has 0 radical (unpaired) electrons. The van der Waals surface area contributed by atoms with Gasteiger partial charge < -0.3 is 19.3 Å². The molecule has 0 fully saturated rings. The lowest BCUT2D eigenvalue weighted by atomic mass is 10.1. The van der Waals surface area contributed by atoms with Gasteiger partial charge in [-0.2, -0.15) is 0 Å². The van der Waals surface area contributed by atoms with E-state index in [-0.39, 0.29) is 5.56 Å². The van der Waals surface area contributed by atoms with E-state index in [2.05, 4.69) is 19.2 Å². The number of aromatic nitrogens is 1. The largest absolute Gasteiger partial charge is 0.505 e. The Balaban J connectivity index is 3.49. The minimum atomic E-state index is -0.959. The van der Waals surface area contributed by atoms with Gasteiger partial charge in [-0.3, -0.25) is 0 Å². The van der Waals surface area contributed by atoms with Gasteiger partial charge in [0.2, 0.25) is 0 Å². The maximum Gasteiger partial charge on any atom is 0.360 e. The summed E-state index contributed by atoms with van der Waals surface area (Å²) in [6.45, 7) is 0. The number of rotatable bonds is 3. The average Bonchev–Trinajstić information content (AvgIpc) is 2.44. The molecule has 0 unspecified atom stereocenters. The van der Waals surface area contributed by atoms with Gasteiger partial charge in [0.1, 0.15) is 5.75 Å². The number of methoxy groups -OCH3 is 3. The van der Waals surface area contributed by atoms with Crippen molar-refractivity contribution in [2.75, 3.05) is 21.3 Å². The highest BCUT2D eigenvalue weighted by Crippen LogP contribution is 2.21. The van der Waals surface area contributed by atoms with Gasteiger partial charge in [0.05, 0.1) is 26.9 Å². The van der Waals surface area contributed by atoms with Crippen LogP contribution in [0.15, 0.2) is 6.07 Å². The van der Waals surface area contributed by atoms with Crippen LogP contribution in [0.1, 0.15) is 31.3 Å². The van der Waals surface area contributed by atoms with Crippen LogP contribution in [0.25, 0.3) is 0 Å². The zero-order valence-corrected chi connectivity index (χ0v) is 10.4. The molecule has 0 atom stereocenters. The molecule has 1 heterocycles. The second kappa shape index (κ2) is 5.80. The van der Waals surface area contributed by atoms with Crippen molar-refractivity contribution in [1.29, 1.82) is 0 Å². The maximum atomic E-state index is 11.5. The minimum absolute atomic E-state index is 0.320. The van der Waals surface area contributed by atoms with Crippen LogP contribution in [0.2, 0.25) is 0 Å². The Kier molecular flexibility index (Phi) is 4.41. The predicted molar refractivity (Wildman–Crippen MR) is 59.9 cm³/mol. The molecular weight excluding hydrogens is 258 g/mol. The van der Waals surface area contributed by atoms with Gasteiger partial charge in [-0.15, -0.1) is 0 Å². The molecule has 0 aliphatic carbocycles.